The predicted octanol–water partition coefficient (Wildman–Crippen LogP) is 2.61. The zero-order valence-electron chi connectivity index (χ0n) is 14.1. The summed E-state index contributed by atoms with van der Waals surface area (Å²) < 4.78 is 3.22. The Morgan fingerprint density at radius 3 is 2.54 bits per heavy atom. The molecule has 0 fully saturated rings. The maximum absolute atomic E-state index is 12.1. The molecule has 26 heavy (non-hydrogen) atoms. The first-order valence-electron chi connectivity index (χ1n) is 8.50. The van der Waals surface area contributed by atoms with Crippen LogP contribution in [0.5, 0.6) is 0 Å². The van der Waals surface area contributed by atoms with E-state index < -0.39 is 0 Å². The number of aliphatic hydroxyl groups is 1. The van der Waals surface area contributed by atoms with E-state index in [4.69, 9.17) is 10.2 Å². The Hall–Kier alpha value is -3.25. The van der Waals surface area contributed by atoms with Crippen molar-refractivity contribution in [1.82, 2.24) is 19.4 Å². The van der Waals surface area contributed by atoms with Crippen molar-refractivity contribution in [2.24, 2.45) is 0 Å². The van der Waals surface area contributed by atoms with Crippen LogP contribution in [0.4, 0.5) is 0 Å². The van der Waals surface area contributed by atoms with Crippen LogP contribution < -0.4 is 5.56 Å². The van der Waals surface area contributed by atoms with Gasteiger partial charge in [0.1, 0.15) is 5.69 Å². The second kappa shape index (κ2) is 6.93. The number of rotatable bonds is 5. The molecular formula is C20H18N4O2. The minimum Gasteiger partial charge on any atom is -0.396 e. The molecule has 1 aromatic carbocycles. The van der Waals surface area contributed by atoms with E-state index in [2.05, 4.69) is 5.10 Å². The fourth-order valence-electron chi connectivity index (χ4n) is 3.01. The molecule has 0 unspecified atom stereocenters. The predicted molar refractivity (Wildman–Crippen MR) is 99.8 cm³/mol. The number of aryl methyl sites for hydroxylation is 1. The van der Waals surface area contributed by atoms with Crippen LogP contribution in [0.25, 0.3) is 28.0 Å². The van der Waals surface area contributed by atoms with E-state index in [1.54, 1.807) is 6.07 Å². The molecular weight excluding hydrogens is 328 g/mol. The van der Waals surface area contributed by atoms with Crippen molar-refractivity contribution in [3.05, 3.63) is 77.2 Å². The maximum Gasteiger partial charge on any atom is 0.266 e. The van der Waals surface area contributed by atoms with Crippen molar-refractivity contribution in [2.75, 3.05) is 6.61 Å². The quantitative estimate of drug-likeness (QED) is 0.603. The number of nitrogens with zero attached hydrogens (tertiary/aromatic N) is 4. The summed E-state index contributed by atoms with van der Waals surface area (Å²) in [4.78, 5) is 12.1. The zero-order chi connectivity index (χ0) is 17.9. The molecule has 3 aromatic heterocycles. The van der Waals surface area contributed by atoms with Gasteiger partial charge in [0.15, 0.2) is 0 Å². The first-order chi connectivity index (χ1) is 12.8. The van der Waals surface area contributed by atoms with Gasteiger partial charge < -0.3 is 5.11 Å². The summed E-state index contributed by atoms with van der Waals surface area (Å²) >= 11 is 0. The molecule has 3 heterocycles. The minimum absolute atomic E-state index is 0.0182. The Morgan fingerprint density at radius 2 is 1.73 bits per heavy atom. The summed E-state index contributed by atoms with van der Waals surface area (Å²) in [5.41, 5.74) is 4.11. The van der Waals surface area contributed by atoms with E-state index in [9.17, 15) is 4.79 Å². The Bertz CT molecular complexity index is 1100. The van der Waals surface area contributed by atoms with Crippen LogP contribution in [0.3, 0.4) is 0 Å². The number of fused-ring (bicyclic) bond motifs is 1. The lowest BCUT2D eigenvalue weighted by molar-refractivity contribution is 0.275. The van der Waals surface area contributed by atoms with Crippen LogP contribution in [0.2, 0.25) is 0 Å². The van der Waals surface area contributed by atoms with Crippen molar-refractivity contribution in [2.45, 2.75) is 13.0 Å². The molecule has 4 rings (SSSR count). The van der Waals surface area contributed by atoms with Crippen LogP contribution in [0.15, 0.2) is 71.7 Å². The van der Waals surface area contributed by atoms with Crippen molar-refractivity contribution < 1.29 is 5.11 Å². The van der Waals surface area contributed by atoms with Gasteiger partial charge in [-0.05, 0) is 24.6 Å². The fraction of sp³-hybridized carbons (Fsp3) is 0.150. The van der Waals surface area contributed by atoms with Gasteiger partial charge in [-0.15, -0.1) is 0 Å². The third-order valence-electron chi connectivity index (χ3n) is 4.24. The zero-order valence-corrected chi connectivity index (χ0v) is 14.1. The van der Waals surface area contributed by atoms with Crippen LogP contribution >= 0.6 is 0 Å². The monoisotopic (exact) mass is 346 g/mol. The Kier molecular flexibility index (Phi) is 4.33. The molecule has 6 heteroatoms. The molecule has 0 aliphatic rings. The summed E-state index contributed by atoms with van der Waals surface area (Å²) in [6.45, 7) is 0.396. The highest BCUT2D eigenvalue weighted by atomic mass is 16.3. The Balaban J connectivity index is 1.95. The van der Waals surface area contributed by atoms with Gasteiger partial charge in [-0.3, -0.25) is 4.79 Å². The smallest absolute Gasteiger partial charge is 0.266 e. The summed E-state index contributed by atoms with van der Waals surface area (Å²) in [5, 5.41) is 18.3. The first kappa shape index (κ1) is 16.2. The topological polar surface area (TPSA) is 72.4 Å². The van der Waals surface area contributed by atoms with Gasteiger partial charge in [0, 0.05) is 31.0 Å². The summed E-state index contributed by atoms with van der Waals surface area (Å²) in [7, 11) is 0. The largest absolute Gasteiger partial charge is 0.396 e. The third-order valence-corrected chi connectivity index (χ3v) is 4.24. The third kappa shape index (κ3) is 2.91. The number of benzene rings is 1. The Morgan fingerprint density at radius 1 is 0.923 bits per heavy atom. The molecule has 1 N–H and O–H groups in total. The summed E-state index contributed by atoms with van der Waals surface area (Å²) in [6.07, 6.45) is 2.38. The minimum atomic E-state index is -0.181. The molecule has 4 aromatic rings. The molecule has 0 amide bonds. The molecule has 0 atom stereocenters. The van der Waals surface area contributed by atoms with Crippen molar-refractivity contribution in [3.63, 3.8) is 0 Å². The van der Waals surface area contributed by atoms with Gasteiger partial charge in [0.2, 0.25) is 0 Å². The molecule has 6 nitrogen and oxygen atoms in total. The molecule has 0 saturated carbocycles. The normalized spacial score (nSPS) is 11.1. The van der Waals surface area contributed by atoms with E-state index in [0.717, 1.165) is 22.3 Å². The van der Waals surface area contributed by atoms with Crippen LogP contribution in [-0.4, -0.2) is 31.1 Å². The molecule has 0 aliphatic carbocycles. The Labute approximate surface area is 150 Å². The van der Waals surface area contributed by atoms with Crippen LogP contribution in [0, 0.1) is 0 Å². The van der Waals surface area contributed by atoms with E-state index in [0.29, 0.717) is 18.7 Å². The number of hydrogen-bond donors (Lipinski definition) is 1. The lowest BCUT2D eigenvalue weighted by Crippen LogP contribution is -2.22. The fourth-order valence-corrected chi connectivity index (χ4v) is 3.01. The summed E-state index contributed by atoms with van der Waals surface area (Å²) in [6, 6.07) is 19.0. The van der Waals surface area contributed by atoms with Gasteiger partial charge >= 0.3 is 0 Å². The van der Waals surface area contributed by atoms with Gasteiger partial charge in [0.05, 0.1) is 16.8 Å². The number of aliphatic hydroxyl groups excluding tert-OH is 1. The number of pyridine rings is 1. The van der Waals surface area contributed by atoms with Crippen LogP contribution in [0.1, 0.15) is 6.42 Å². The standard InChI is InChI=1S/C20H18N4O2/c25-14-6-13-24-18(26)11-10-16(21-24)19-17-9-4-5-12-23(17)22-20(19)15-7-2-1-3-8-15/h1-5,7-12,25H,6,13-14H2. The first-order valence-corrected chi connectivity index (χ1v) is 8.50. The average Bonchev–Trinajstić information content (AvgIpc) is 3.08. The molecule has 0 radical (unpaired) electrons. The highest BCUT2D eigenvalue weighted by Gasteiger charge is 2.18. The highest BCUT2D eigenvalue weighted by molar-refractivity contribution is 5.90. The molecule has 0 spiro atoms. The molecule has 0 aliphatic heterocycles. The molecule has 130 valence electrons. The van der Waals surface area contributed by atoms with Crippen molar-refractivity contribution >= 4 is 5.52 Å². The van der Waals surface area contributed by atoms with Gasteiger partial charge in [-0.25, -0.2) is 9.20 Å². The second-order valence-corrected chi connectivity index (χ2v) is 5.98. The van der Waals surface area contributed by atoms with Crippen LogP contribution in [-0.2, 0) is 6.54 Å². The maximum atomic E-state index is 12.1. The van der Waals surface area contributed by atoms with Gasteiger partial charge in [-0.1, -0.05) is 36.4 Å². The van der Waals surface area contributed by atoms with E-state index >= 15 is 0 Å². The second-order valence-electron chi connectivity index (χ2n) is 5.98. The van der Waals surface area contributed by atoms with E-state index in [-0.39, 0.29) is 12.2 Å². The van der Waals surface area contributed by atoms with E-state index in [1.807, 2.05) is 59.2 Å². The van der Waals surface area contributed by atoms with Crippen molar-refractivity contribution in [1.29, 1.82) is 0 Å². The lowest BCUT2D eigenvalue weighted by atomic mass is 10.0. The van der Waals surface area contributed by atoms with Gasteiger partial charge in [0.25, 0.3) is 5.56 Å². The molecule has 0 bridgehead atoms. The van der Waals surface area contributed by atoms with E-state index in [1.165, 1.54) is 10.7 Å². The highest BCUT2D eigenvalue weighted by Crippen LogP contribution is 2.33. The van der Waals surface area contributed by atoms with Crippen molar-refractivity contribution in [3.8, 4) is 22.5 Å². The SMILES string of the molecule is O=c1ccc(-c2c(-c3ccccc3)nn3ccccc23)nn1CCCO. The van der Waals surface area contributed by atoms with Gasteiger partial charge in [-0.2, -0.15) is 10.2 Å². The lowest BCUT2D eigenvalue weighted by Gasteiger charge is -2.07. The molecule has 0 saturated heterocycles. The number of hydrogen-bond acceptors (Lipinski definition) is 4. The summed E-state index contributed by atoms with van der Waals surface area (Å²) in [5.74, 6) is 0. The average molecular weight is 346 g/mol. The number of aromatic nitrogens is 4.